The predicted molar refractivity (Wildman–Crippen MR) is 109 cm³/mol. The van der Waals surface area contributed by atoms with Crippen LogP contribution in [0.4, 0.5) is 4.79 Å². The second kappa shape index (κ2) is 7.68. The van der Waals surface area contributed by atoms with Crippen molar-refractivity contribution >= 4 is 6.09 Å². The van der Waals surface area contributed by atoms with Crippen LogP contribution in [0, 0.1) is 5.41 Å². The fourth-order valence-corrected chi connectivity index (χ4v) is 5.18. The third kappa shape index (κ3) is 4.06. The fraction of sp³-hybridized carbons (Fsp3) is 0.696. The molecule has 2 saturated heterocycles. The SMILES string of the molecule is CC(C)(C)OC(=O)N1CCN(C2CC3(CCOC[C@H]3c3ccccc3)C2)CC1. The molecule has 1 aliphatic carbocycles. The standard InChI is InChI=1S/C23H34N2O3/c1-22(2,3)28-21(26)25-12-10-24(11-13-25)19-15-23(16-19)9-14-27-17-20(23)18-7-5-4-6-8-18/h4-8,19-20H,9-17H2,1-3H3/t19?,20-,23?/m0/s1. The number of hydrogen-bond acceptors (Lipinski definition) is 4. The molecule has 0 N–H and O–H groups in total. The maximum absolute atomic E-state index is 12.3. The molecule has 1 amide bonds. The van der Waals surface area contributed by atoms with E-state index in [-0.39, 0.29) is 6.09 Å². The molecule has 1 atom stereocenters. The molecule has 1 aromatic rings. The van der Waals surface area contributed by atoms with Crippen molar-refractivity contribution in [1.82, 2.24) is 9.80 Å². The maximum Gasteiger partial charge on any atom is 0.410 e. The first-order valence-electron chi connectivity index (χ1n) is 10.7. The number of benzene rings is 1. The first-order chi connectivity index (χ1) is 13.4. The molecule has 3 aliphatic rings. The quantitative estimate of drug-likeness (QED) is 0.773. The fourth-order valence-electron chi connectivity index (χ4n) is 5.18. The minimum atomic E-state index is -0.427. The van der Waals surface area contributed by atoms with Crippen molar-refractivity contribution in [3.63, 3.8) is 0 Å². The molecule has 0 unspecified atom stereocenters. The third-order valence-corrected chi connectivity index (χ3v) is 6.74. The second-order valence-electron chi connectivity index (χ2n) is 9.72. The molecule has 0 radical (unpaired) electrons. The predicted octanol–water partition coefficient (Wildman–Crippen LogP) is 3.89. The second-order valence-corrected chi connectivity index (χ2v) is 9.72. The number of ether oxygens (including phenoxy) is 2. The molecule has 2 aliphatic heterocycles. The van der Waals surface area contributed by atoms with Crippen LogP contribution in [0.25, 0.3) is 0 Å². The van der Waals surface area contributed by atoms with Crippen LogP contribution in [0.1, 0.15) is 51.5 Å². The van der Waals surface area contributed by atoms with Gasteiger partial charge >= 0.3 is 6.09 Å². The lowest BCUT2D eigenvalue weighted by molar-refractivity contribution is -0.100. The Labute approximate surface area is 169 Å². The van der Waals surface area contributed by atoms with Gasteiger partial charge in [-0.2, -0.15) is 0 Å². The zero-order valence-electron chi connectivity index (χ0n) is 17.5. The molecule has 28 heavy (non-hydrogen) atoms. The summed E-state index contributed by atoms with van der Waals surface area (Å²) in [4.78, 5) is 16.7. The highest BCUT2D eigenvalue weighted by atomic mass is 16.6. The Hall–Kier alpha value is -1.59. The van der Waals surface area contributed by atoms with E-state index < -0.39 is 5.60 Å². The van der Waals surface area contributed by atoms with Gasteiger partial charge in [0.2, 0.25) is 0 Å². The van der Waals surface area contributed by atoms with Crippen LogP contribution < -0.4 is 0 Å². The van der Waals surface area contributed by atoms with Crippen molar-refractivity contribution in [2.75, 3.05) is 39.4 Å². The number of piperazine rings is 1. The Morgan fingerprint density at radius 3 is 2.43 bits per heavy atom. The highest BCUT2D eigenvalue weighted by molar-refractivity contribution is 5.68. The first-order valence-corrected chi connectivity index (χ1v) is 10.7. The summed E-state index contributed by atoms with van der Waals surface area (Å²) < 4.78 is 11.4. The van der Waals surface area contributed by atoms with Gasteiger partial charge in [-0.05, 0) is 51.0 Å². The van der Waals surface area contributed by atoms with Crippen LogP contribution in [0.5, 0.6) is 0 Å². The minimum Gasteiger partial charge on any atom is -0.444 e. The summed E-state index contributed by atoms with van der Waals surface area (Å²) in [5.74, 6) is 0.516. The number of carbonyl (C=O) groups is 1. The van der Waals surface area contributed by atoms with Crippen molar-refractivity contribution in [1.29, 1.82) is 0 Å². The highest BCUT2D eigenvalue weighted by Crippen LogP contribution is 2.57. The zero-order valence-corrected chi connectivity index (χ0v) is 17.5. The van der Waals surface area contributed by atoms with Crippen LogP contribution in [-0.4, -0.2) is 66.9 Å². The number of amides is 1. The van der Waals surface area contributed by atoms with Gasteiger partial charge in [-0.3, -0.25) is 4.90 Å². The summed E-state index contributed by atoms with van der Waals surface area (Å²) in [5.41, 5.74) is 1.40. The lowest BCUT2D eigenvalue weighted by atomic mass is 9.54. The van der Waals surface area contributed by atoms with Gasteiger partial charge < -0.3 is 14.4 Å². The molecule has 3 fully saturated rings. The zero-order chi connectivity index (χ0) is 19.8. The average molecular weight is 387 g/mol. The van der Waals surface area contributed by atoms with Crippen molar-refractivity contribution < 1.29 is 14.3 Å². The largest absolute Gasteiger partial charge is 0.444 e. The first kappa shape index (κ1) is 19.7. The van der Waals surface area contributed by atoms with Crippen LogP contribution in [-0.2, 0) is 9.47 Å². The number of carbonyl (C=O) groups excluding carboxylic acids is 1. The van der Waals surface area contributed by atoms with Gasteiger partial charge in [-0.15, -0.1) is 0 Å². The normalized spacial score (nSPS) is 31.5. The summed E-state index contributed by atoms with van der Waals surface area (Å²) >= 11 is 0. The average Bonchev–Trinajstić information content (AvgIpc) is 2.65. The molecule has 5 heteroatoms. The molecule has 1 spiro atoms. The van der Waals surface area contributed by atoms with Crippen molar-refractivity contribution in [2.45, 2.75) is 57.6 Å². The van der Waals surface area contributed by atoms with E-state index in [4.69, 9.17) is 9.47 Å². The molecule has 5 nitrogen and oxygen atoms in total. The Bertz CT molecular complexity index is 671. The summed E-state index contributed by atoms with van der Waals surface area (Å²) in [7, 11) is 0. The summed E-state index contributed by atoms with van der Waals surface area (Å²) in [6.07, 6.45) is 3.50. The summed E-state index contributed by atoms with van der Waals surface area (Å²) in [5, 5.41) is 0. The summed E-state index contributed by atoms with van der Waals surface area (Å²) in [6, 6.07) is 11.5. The van der Waals surface area contributed by atoms with Crippen molar-refractivity contribution in [3.05, 3.63) is 35.9 Å². The highest BCUT2D eigenvalue weighted by Gasteiger charge is 2.53. The van der Waals surface area contributed by atoms with Gasteiger partial charge in [0.1, 0.15) is 5.60 Å². The van der Waals surface area contributed by atoms with Crippen LogP contribution in [0.2, 0.25) is 0 Å². The Morgan fingerprint density at radius 2 is 1.79 bits per heavy atom. The molecule has 154 valence electrons. The van der Waals surface area contributed by atoms with Gasteiger partial charge in [0.15, 0.2) is 0 Å². The molecule has 1 saturated carbocycles. The third-order valence-electron chi connectivity index (χ3n) is 6.74. The van der Waals surface area contributed by atoms with Crippen LogP contribution in [0.15, 0.2) is 30.3 Å². The molecule has 0 bridgehead atoms. The van der Waals surface area contributed by atoms with E-state index in [0.29, 0.717) is 17.4 Å². The van der Waals surface area contributed by atoms with E-state index in [9.17, 15) is 4.79 Å². The van der Waals surface area contributed by atoms with Gasteiger partial charge in [0.25, 0.3) is 0 Å². The Morgan fingerprint density at radius 1 is 1.11 bits per heavy atom. The van der Waals surface area contributed by atoms with Gasteiger partial charge in [-0.1, -0.05) is 30.3 Å². The van der Waals surface area contributed by atoms with Gasteiger partial charge in [-0.25, -0.2) is 4.79 Å². The van der Waals surface area contributed by atoms with Crippen LogP contribution >= 0.6 is 0 Å². The Kier molecular flexibility index (Phi) is 5.41. The van der Waals surface area contributed by atoms with E-state index in [1.54, 1.807) is 0 Å². The number of rotatable bonds is 2. The van der Waals surface area contributed by atoms with E-state index in [0.717, 1.165) is 39.4 Å². The van der Waals surface area contributed by atoms with Gasteiger partial charge in [0, 0.05) is 44.7 Å². The molecular weight excluding hydrogens is 352 g/mol. The van der Waals surface area contributed by atoms with Crippen molar-refractivity contribution in [2.24, 2.45) is 5.41 Å². The topological polar surface area (TPSA) is 42.0 Å². The Balaban J connectivity index is 1.32. The summed E-state index contributed by atoms with van der Waals surface area (Å²) in [6.45, 7) is 10.9. The van der Waals surface area contributed by atoms with E-state index in [2.05, 4.69) is 35.2 Å². The lowest BCUT2D eigenvalue weighted by Gasteiger charge is -2.58. The van der Waals surface area contributed by atoms with Crippen molar-refractivity contribution in [3.8, 4) is 0 Å². The van der Waals surface area contributed by atoms with E-state index in [1.165, 1.54) is 24.8 Å². The van der Waals surface area contributed by atoms with E-state index >= 15 is 0 Å². The molecule has 2 heterocycles. The minimum absolute atomic E-state index is 0.175. The maximum atomic E-state index is 12.3. The monoisotopic (exact) mass is 386 g/mol. The molecule has 4 rings (SSSR count). The molecule has 0 aromatic heterocycles. The number of hydrogen-bond donors (Lipinski definition) is 0. The molecular formula is C23H34N2O3. The van der Waals surface area contributed by atoms with E-state index in [1.807, 2.05) is 25.7 Å². The van der Waals surface area contributed by atoms with Gasteiger partial charge in [0.05, 0.1) is 6.61 Å². The van der Waals surface area contributed by atoms with Crippen LogP contribution in [0.3, 0.4) is 0 Å². The lowest BCUT2D eigenvalue weighted by Crippen LogP contribution is -2.60. The smallest absolute Gasteiger partial charge is 0.410 e. The number of nitrogens with zero attached hydrogens (tertiary/aromatic N) is 2. The molecule has 1 aromatic carbocycles.